The fourth-order valence-electron chi connectivity index (χ4n) is 3.47. The summed E-state index contributed by atoms with van der Waals surface area (Å²) < 4.78 is 0. The lowest BCUT2D eigenvalue weighted by Crippen LogP contribution is -2.59. The van der Waals surface area contributed by atoms with Gasteiger partial charge in [0.05, 0.1) is 11.9 Å². The molecule has 3 heterocycles. The molecule has 0 spiro atoms. The van der Waals surface area contributed by atoms with Gasteiger partial charge in [-0.05, 0) is 37.9 Å². The summed E-state index contributed by atoms with van der Waals surface area (Å²) >= 11 is 6.07. The quantitative estimate of drug-likeness (QED) is 0.776. The van der Waals surface area contributed by atoms with Crippen molar-refractivity contribution in [2.45, 2.75) is 44.1 Å². The van der Waals surface area contributed by atoms with Crippen molar-refractivity contribution in [3.8, 4) is 0 Å². The average Bonchev–Trinajstić information content (AvgIpc) is 2.46. The van der Waals surface area contributed by atoms with Crippen molar-refractivity contribution < 1.29 is 0 Å². The summed E-state index contributed by atoms with van der Waals surface area (Å²) in [6.07, 6.45) is 7.89. The second-order valence-corrected chi connectivity index (χ2v) is 6.05. The zero-order chi connectivity index (χ0) is 13.2. The van der Waals surface area contributed by atoms with Crippen LogP contribution in [0.15, 0.2) is 18.5 Å². The zero-order valence-electron chi connectivity index (χ0n) is 11.6. The maximum absolute atomic E-state index is 6.07. The van der Waals surface area contributed by atoms with Crippen LogP contribution in [0.25, 0.3) is 0 Å². The Morgan fingerprint density at radius 1 is 1.37 bits per heavy atom. The second-order valence-electron chi connectivity index (χ2n) is 5.78. The van der Waals surface area contributed by atoms with E-state index in [0.29, 0.717) is 18.0 Å². The number of halogens is 1. The molecule has 0 amide bonds. The van der Waals surface area contributed by atoms with Gasteiger partial charge in [-0.25, -0.2) is 0 Å². The van der Waals surface area contributed by atoms with Crippen molar-refractivity contribution in [1.82, 2.24) is 9.88 Å². The number of piperazine rings is 1. The first kappa shape index (κ1) is 13.2. The minimum absolute atomic E-state index is 0.542. The van der Waals surface area contributed by atoms with Gasteiger partial charge in [0.1, 0.15) is 0 Å². The third-order valence-corrected chi connectivity index (χ3v) is 4.82. The molecule has 1 aromatic heterocycles. The molecule has 104 valence electrons. The standard InChI is InChI=1S/C15H22ClN3/c1-12-10-18-7-3-2-4-14(18)11-19(12)15-9-17-6-5-13(15)8-16/h5-6,9,12,14H,2-4,7-8,10-11H2,1H3. The van der Waals surface area contributed by atoms with Gasteiger partial charge in [-0.3, -0.25) is 9.88 Å². The molecule has 3 nitrogen and oxygen atoms in total. The van der Waals surface area contributed by atoms with Crippen LogP contribution in [0.1, 0.15) is 31.7 Å². The number of anilines is 1. The van der Waals surface area contributed by atoms with Crippen molar-refractivity contribution in [2.75, 3.05) is 24.5 Å². The van der Waals surface area contributed by atoms with Crippen LogP contribution in [0.3, 0.4) is 0 Å². The third-order valence-electron chi connectivity index (χ3n) is 4.53. The van der Waals surface area contributed by atoms with E-state index < -0.39 is 0 Å². The first-order valence-electron chi connectivity index (χ1n) is 7.29. The third kappa shape index (κ3) is 2.59. The molecule has 2 fully saturated rings. The molecule has 1 aromatic rings. The molecule has 4 heteroatoms. The highest BCUT2D eigenvalue weighted by molar-refractivity contribution is 6.17. The van der Waals surface area contributed by atoms with Crippen molar-refractivity contribution in [1.29, 1.82) is 0 Å². The van der Waals surface area contributed by atoms with E-state index in [1.807, 2.05) is 18.5 Å². The fraction of sp³-hybridized carbons (Fsp3) is 0.667. The Labute approximate surface area is 120 Å². The molecule has 0 aliphatic carbocycles. The van der Waals surface area contributed by atoms with Crippen LogP contribution >= 0.6 is 11.6 Å². The topological polar surface area (TPSA) is 19.4 Å². The highest BCUT2D eigenvalue weighted by Crippen LogP contribution is 2.30. The monoisotopic (exact) mass is 279 g/mol. The lowest BCUT2D eigenvalue weighted by atomic mass is 9.96. The zero-order valence-corrected chi connectivity index (χ0v) is 12.3. The molecule has 0 N–H and O–H groups in total. The Kier molecular flexibility index (Phi) is 3.94. The number of piperidine rings is 1. The Hall–Kier alpha value is -0.800. The molecule has 0 radical (unpaired) electrons. The SMILES string of the molecule is CC1CN2CCCCC2CN1c1cnccc1CCl. The number of nitrogens with zero attached hydrogens (tertiary/aromatic N) is 3. The Morgan fingerprint density at radius 2 is 2.26 bits per heavy atom. The summed E-state index contributed by atoms with van der Waals surface area (Å²) in [6, 6.07) is 3.30. The van der Waals surface area contributed by atoms with Gasteiger partial charge >= 0.3 is 0 Å². The smallest absolute Gasteiger partial charge is 0.0600 e. The Bertz CT molecular complexity index is 437. The van der Waals surface area contributed by atoms with E-state index in [0.717, 1.165) is 6.54 Å². The first-order valence-corrected chi connectivity index (χ1v) is 7.82. The van der Waals surface area contributed by atoms with Gasteiger partial charge in [0.2, 0.25) is 0 Å². The van der Waals surface area contributed by atoms with Crippen LogP contribution in [0.2, 0.25) is 0 Å². The van der Waals surface area contributed by atoms with E-state index in [-0.39, 0.29) is 0 Å². The van der Waals surface area contributed by atoms with Gasteiger partial charge < -0.3 is 4.90 Å². The summed E-state index contributed by atoms with van der Waals surface area (Å²) in [5, 5.41) is 0. The van der Waals surface area contributed by atoms with Crippen molar-refractivity contribution in [3.63, 3.8) is 0 Å². The van der Waals surface area contributed by atoms with E-state index >= 15 is 0 Å². The van der Waals surface area contributed by atoms with E-state index in [9.17, 15) is 0 Å². The summed E-state index contributed by atoms with van der Waals surface area (Å²) in [5.41, 5.74) is 2.43. The van der Waals surface area contributed by atoms with Gasteiger partial charge in [0.25, 0.3) is 0 Å². The summed E-state index contributed by atoms with van der Waals surface area (Å²) in [5.74, 6) is 0.565. The van der Waals surface area contributed by atoms with Crippen LogP contribution in [0.5, 0.6) is 0 Å². The lowest BCUT2D eigenvalue weighted by Gasteiger charge is -2.48. The maximum atomic E-state index is 6.07. The average molecular weight is 280 g/mol. The minimum atomic E-state index is 0.542. The molecular formula is C15H22ClN3. The minimum Gasteiger partial charge on any atom is -0.364 e. The molecule has 0 aromatic carbocycles. The Morgan fingerprint density at radius 3 is 3.11 bits per heavy atom. The maximum Gasteiger partial charge on any atom is 0.0600 e. The number of pyridine rings is 1. The predicted octanol–water partition coefficient (Wildman–Crippen LogP) is 2.88. The molecule has 2 unspecified atom stereocenters. The molecule has 2 saturated heterocycles. The van der Waals surface area contributed by atoms with E-state index in [1.165, 1.54) is 43.6 Å². The van der Waals surface area contributed by atoms with Crippen LogP contribution in [-0.4, -0.2) is 41.6 Å². The van der Waals surface area contributed by atoms with Crippen LogP contribution < -0.4 is 4.90 Å². The van der Waals surface area contributed by atoms with E-state index in [1.54, 1.807) is 0 Å². The first-order chi connectivity index (χ1) is 9.29. The molecule has 0 saturated carbocycles. The van der Waals surface area contributed by atoms with Crippen LogP contribution in [0, 0.1) is 0 Å². The summed E-state index contributed by atoms with van der Waals surface area (Å²) in [4.78, 5) is 9.47. The highest BCUT2D eigenvalue weighted by Gasteiger charge is 2.33. The lowest BCUT2D eigenvalue weighted by molar-refractivity contribution is 0.115. The number of hydrogen-bond acceptors (Lipinski definition) is 3. The molecular weight excluding hydrogens is 258 g/mol. The van der Waals surface area contributed by atoms with Gasteiger partial charge in [0, 0.05) is 37.3 Å². The largest absolute Gasteiger partial charge is 0.364 e. The molecule has 0 bridgehead atoms. The molecule has 2 aliphatic rings. The molecule has 19 heavy (non-hydrogen) atoms. The van der Waals surface area contributed by atoms with Crippen molar-refractivity contribution in [2.24, 2.45) is 0 Å². The highest BCUT2D eigenvalue weighted by atomic mass is 35.5. The number of aromatic nitrogens is 1. The molecule has 2 atom stereocenters. The summed E-state index contributed by atoms with van der Waals surface area (Å²) in [6.45, 7) is 5.88. The molecule has 2 aliphatic heterocycles. The van der Waals surface area contributed by atoms with Gasteiger partial charge in [-0.1, -0.05) is 6.42 Å². The van der Waals surface area contributed by atoms with Crippen molar-refractivity contribution >= 4 is 17.3 Å². The molecule has 3 rings (SSSR count). The van der Waals surface area contributed by atoms with Crippen molar-refractivity contribution in [3.05, 3.63) is 24.0 Å². The van der Waals surface area contributed by atoms with E-state index in [4.69, 9.17) is 11.6 Å². The number of fused-ring (bicyclic) bond motifs is 1. The van der Waals surface area contributed by atoms with Gasteiger partial charge in [0.15, 0.2) is 0 Å². The van der Waals surface area contributed by atoms with E-state index in [2.05, 4.69) is 21.7 Å². The fourth-order valence-corrected chi connectivity index (χ4v) is 3.70. The number of rotatable bonds is 2. The van der Waals surface area contributed by atoms with Crippen LogP contribution in [-0.2, 0) is 5.88 Å². The van der Waals surface area contributed by atoms with Gasteiger partial charge in [-0.15, -0.1) is 11.6 Å². The number of alkyl halides is 1. The normalized spacial score (nSPS) is 28.2. The Balaban J connectivity index is 1.83. The van der Waals surface area contributed by atoms with Crippen LogP contribution in [0.4, 0.5) is 5.69 Å². The van der Waals surface area contributed by atoms with Gasteiger partial charge in [-0.2, -0.15) is 0 Å². The second kappa shape index (κ2) is 5.68. The predicted molar refractivity (Wildman–Crippen MR) is 79.8 cm³/mol. The summed E-state index contributed by atoms with van der Waals surface area (Å²) in [7, 11) is 0. The number of hydrogen-bond donors (Lipinski definition) is 0.